The van der Waals surface area contributed by atoms with Crippen molar-refractivity contribution in [3.05, 3.63) is 12.2 Å². The summed E-state index contributed by atoms with van der Waals surface area (Å²) < 4.78 is 10.7. The number of carbonyl (C=O) groups excluding carboxylic acids is 2. The smallest absolute Gasteiger partial charge is 0.306 e. The summed E-state index contributed by atoms with van der Waals surface area (Å²) >= 11 is 0. The Morgan fingerprint density at radius 2 is 0.514 bits per heavy atom. The molecule has 0 spiro atoms. The topological polar surface area (TPSA) is 72.8 Å². The molecular weight excluding hydrogens is 885 g/mol. The maximum atomic E-state index is 12.3. The third-order valence-corrected chi connectivity index (χ3v) is 15.6. The minimum absolute atomic E-state index is 0.0565. The molecule has 428 valence electrons. The molecule has 0 aliphatic heterocycles. The standard InChI is InChI=1S/C67H130O5/c1-3-5-7-9-11-13-15-17-19-21-22-23-24-25-26-27-28-29-30-31-32-33-34-35-36-37-38-39-40-41-42-43-44-46-48-50-52-54-56-58-60-62-67(70)72-65(63-68)64-71-66(69)61-59-57-55-53-51-49-47-45-20-18-16-14-12-10-8-6-4-2/h21-22,65,68H,3-20,23-64H2,1-2H3/b22-21-. The number of rotatable bonds is 63. The van der Waals surface area contributed by atoms with E-state index in [1.54, 1.807) is 0 Å². The highest BCUT2D eigenvalue weighted by Crippen LogP contribution is 2.19. The molecule has 72 heavy (non-hydrogen) atoms. The molecule has 0 saturated carbocycles. The average Bonchev–Trinajstić information content (AvgIpc) is 3.38. The van der Waals surface area contributed by atoms with E-state index >= 15 is 0 Å². The third kappa shape index (κ3) is 61.2. The molecule has 0 saturated heterocycles. The Hall–Kier alpha value is -1.36. The molecule has 0 aliphatic carbocycles. The van der Waals surface area contributed by atoms with E-state index in [0.717, 1.165) is 32.1 Å². The molecule has 0 aliphatic rings. The van der Waals surface area contributed by atoms with Crippen molar-refractivity contribution in [2.75, 3.05) is 13.2 Å². The second-order valence-electron chi connectivity index (χ2n) is 22.9. The molecule has 0 radical (unpaired) electrons. The molecule has 0 rings (SSSR count). The first-order valence-corrected chi connectivity index (χ1v) is 33.2. The van der Waals surface area contributed by atoms with Gasteiger partial charge in [-0.15, -0.1) is 0 Å². The molecule has 0 bridgehead atoms. The van der Waals surface area contributed by atoms with Crippen LogP contribution in [-0.2, 0) is 19.1 Å². The highest BCUT2D eigenvalue weighted by molar-refractivity contribution is 5.70. The predicted molar refractivity (Wildman–Crippen MR) is 316 cm³/mol. The fraction of sp³-hybridized carbons (Fsp3) is 0.940. The summed E-state index contributed by atoms with van der Waals surface area (Å²) in [6.45, 7) is 4.20. The Bertz CT molecular complexity index is 1060. The van der Waals surface area contributed by atoms with Crippen molar-refractivity contribution < 1.29 is 24.2 Å². The molecule has 0 aromatic carbocycles. The second kappa shape index (κ2) is 63.9. The van der Waals surface area contributed by atoms with Crippen LogP contribution in [0.1, 0.15) is 386 Å². The van der Waals surface area contributed by atoms with Gasteiger partial charge in [-0.2, -0.15) is 0 Å². The van der Waals surface area contributed by atoms with Crippen LogP contribution in [0.2, 0.25) is 0 Å². The van der Waals surface area contributed by atoms with Crippen LogP contribution < -0.4 is 0 Å². The second-order valence-corrected chi connectivity index (χ2v) is 22.9. The van der Waals surface area contributed by atoms with Crippen LogP contribution in [0.3, 0.4) is 0 Å². The largest absolute Gasteiger partial charge is 0.462 e. The van der Waals surface area contributed by atoms with Crippen molar-refractivity contribution in [2.24, 2.45) is 0 Å². The normalized spacial score (nSPS) is 12.1. The van der Waals surface area contributed by atoms with E-state index in [-0.39, 0.29) is 25.2 Å². The number of ether oxygens (including phenoxy) is 2. The Balaban J connectivity index is 3.33. The first-order chi connectivity index (χ1) is 35.6. The molecule has 1 unspecified atom stereocenters. The van der Waals surface area contributed by atoms with Crippen LogP contribution in [-0.4, -0.2) is 36.4 Å². The number of allylic oxidation sites excluding steroid dienone is 2. The number of aliphatic hydroxyl groups excluding tert-OH is 1. The van der Waals surface area contributed by atoms with Crippen molar-refractivity contribution in [3.63, 3.8) is 0 Å². The predicted octanol–water partition coefficient (Wildman–Crippen LogP) is 22.7. The van der Waals surface area contributed by atoms with Gasteiger partial charge < -0.3 is 14.6 Å². The summed E-state index contributed by atoms with van der Waals surface area (Å²) in [4.78, 5) is 24.5. The zero-order valence-electron chi connectivity index (χ0n) is 49.2. The van der Waals surface area contributed by atoms with E-state index in [4.69, 9.17) is 9.47 Å². The summed E-state index contributed by atoms with van der Waals surface area (Å²) in [6.07, 6.45) is 81.1. The van der Waals surface area contributed by atoms with Crippen LogP contribution in [0.25, 0.3) is 0 Å². The number of esters is 2. The van der Waals surface area contributed by atoms with Crippen LogP contribution in [0, 0.1) is 0 Å². The lowest BCUT2D eigenvalue weighted by atomic mass is 10.0. The average molecular weight is 1020 g/mol. The van der Waals surface area contributed by atoms with Gasteiger partial charge in [-0.25, -0.2) is 0 Å². The summed E-state index contributed by atoms with van der Waals surface area (Å²) in [5.74, 6) is -0.564. The zero-order valence-corrected chi connectivity index (χ0v) is 49.2. The van der Waals surface area contributed by atoms with Crippen LogP contribution >= 0.6 is 0 Å². The molecule has 0 fully saturated rings. The lowest BCUT2D eigenvalue weighted by Crippen LogP contribution is -2.28. The monoisotopic (exact) mass is 1010 g/mol. The van der Waals surface area contributed by atoms with E-state index in [9.17, 15) is 14.7 Å². The Morgan fingerprint density at radius 3 is 0.750 bits per heavy atom. The minimum atomic E-state index is -0.765. The quantitative estimate of drug-likeness (QED) is 0.0373. The SMILES string of the molecule is CCCCCCCCCC/C=C\CCCCCCCCCCCCCCCCCCCCCCCCCCCCCCCC(=O)OC(CO)COC(=O)CCCCCCCCCCCCCCCCCCC. The van der Waals surface area contributed by atoms with Crippen molar-refractivity contribution in [1.29, 1.82) is 0 Å². The van der Waals surface area contributed by atoms with Gasteiger partial charge >= 0.3 is 11.9 Å². The highest BCUT2D eigenvalue weighted by atomic mass is 16.6. The Labute approximate surface area is 451 Å². The molecular formula is C67H130O5. The van der Waals surface area contributed by atoms with E-state index in [0.29, 0.717) is 12.8 Å². The van der Waals surface area contributed by atoms with Crippen LogP contribution in [0.15, 0.2) is 12.2 Å². The molecule has 0 aromatic rings. The molecule has 5 nitrogen and oxygen atoms in total. The first-order valence-electron chi connectivity index (χ1n) is 33.2. The van der Waals surface area contributed by atoms with Gasteiger partial charge in [-0.05, 0) is 38.5 Å². The minimum Gasteiger partial charge on any atom is -0.462 e. The third-order valence-electron chi connectivity index (χ3n) is 15.6. The number of hydrogen-bond acceptors (Lipinski definition) is 5. The van der Waals surface area contributed by atoms with Gasteiger partial charge in [-0.3, -0.25) is 9.59 Å². The lowest BCUT2D eigenvalue weighted by Gasteiger charge is -2.15. The highest BCUT2D eigenvalue weighted by Gasteiger charge is 2.16. The van der Waals surface area contributed by atoms with Crippen LogP contribution in [0.4, 0.5) is 0 Å². The van der Waals surface area contributed by atoms with E-state index in [1.165, 1.54) is 327 Å². The molecule has 5 heteroatoms. The van der Waals surface area contributed by atoms with Gasteiger partial charge in [0.05, 0.1) is 6.61 Å². The van der Waals surface area contributed by atoms with Gasteiger partial charge in [0, 0.05) is 12.8 Å². The first kappa shape index (κ1) is 70.6. The lowest BCUT2D eigenvalue weighted by molar-refractivity contribution is -0.161. The Morgan fingerprint density at radius 1 is 0.306 bits per heavy atom. The van der Waals surface area contributed by atoms with Gasteiger partial charge in [0.25, 0.3) is 0 Å². The maximum absolute atomic E-state index is 12.3. The van der Waals surface area contributed by atoms with Crippen molar-refractivity contribution >= 4 is 11.9 Å². The van der Waals surface area contributed by atoms with Crippen LogP contribution in [0.5, 0.6) is 0 Å². The number of carbonyl (C=O) groups is 2. The zero-order chi connectivity index (χ0) is 52.0. The number of unbranched alkanes of at least 4 members (excludes halogenated alkanes) is 53. The fourth-order valence-corrected chi connectivity index (χ4v) is 10.6. The van der Waals surface area contributed by atoms with Gasteiger partial charge in [0.2, 0.25) is 0 Å². The summed E-state index contributed by atoms with van der Waals surface area (Å²) in [5, 5.41) is 9.66. The van der Waals surface area contributed by atoms with Crippen molar-refractivity contribution in [1.82, 2.24) is 0 Å². The van der Waals surface area contributed by atoms with Gasteiger partial charge in [-0.1, -0.05) is 347 Å². The molecule has 1 N–H and O–H groups in total. The molecule has 0 amide bonds. The van der Waals surface area contributed by atoms with Crippen molar-refractivity contribution in [3.8, 4) is 0 Å². The fourth-order valence-electron chi connectivity index (χ4n) is 10.6. The van der Waals surface area contributed by atoms with E-state index in [1.807, 2.05) is 0 Å². The summed E-state index contributed by atoms with van der Waals surface area (Å²) in [6, 6.07) is 0. The molecule has 0 aromatic heterocycles. The van der Waals surface area contributed by atoms with E-state index in [2.05, 4.69) is 26.0 Å². The maximum Gasteiger partial charge on any atom is 0.306 e. The number of aliphatic hydroxyl groups is 1. The number of hydrogen-bond donors (Lipinski definition) is 1. The Kier molecular flexibility index (Phi) is 62.7. The van der Waals surface area contributed by atoms with Crippen molar-refractivity contribution in [2.45, 2.75) is 392 Å². The summed E-state index contributed by atoms with van der Waals surface area (Å²) in [5.41, 5.74) is 0. The molecule has 0 heterocycles. The summed E-state index contributed by atoms with van der Waals surface area (Å²) in [7, 11) is 0. The van der Waals surface area contributed by atoms with Gasteiger partial charge in [0.1, 0.15) is 6.61 Å². The van der Waals surface area contributed by atoms with E-state index < -0.39 is 6.10 Å². The van der Waals surface area contributed by atoms with Gasteiger partial charge in [0.15, 0.2) is 6.10 Å². The molecule has 1 atom stereocenters.